The maximum absolute atomic E-state index is 12.0. The molecule has 0 saturated carbocycles. The van der Waals surface area contributed by atoms with Gasteiger partial charge in [-0.05, 0) is 30.4 Å². The van der Waals surface area contributed by atoms with Gasteiger partial charge in [0, 0.05) is 12.2 Å². The van der Waals surface area contributed by atoms with E-state index < -0.39 is 5.97 Å². The van der Waals surface area contributed by atoms with Gasteiger partial charge in [0.1, 0.15) is 5.37 Å². The summed E-state index contributed by atoms with van der Waals surface area (Å²) in [5.74, 6) is -1.59. The van der Waals surface area contributed by atoms with Gasteiger partial charge in [0.2, 0.25) is 0 Å². The number of nitrogens with zero attached hydrogens (tertiary/aromatic N) is 3. The van der Waals surface area contributed by atoms with E-state index in [4.69, 9.17) is 0 Å². The minimum atomic E-state index is -1.31. The van der Waals surface area contributed by atoms with Crippen LogP contribution in [0.25, 0.3) is 6.08 Å². The van der Waals surface area contributed by atoms with Crippen LogP contribution in [0.4, 0.5) is 0 Å². The van der Waals surface area contributed by atoms with Crippen LogP contribution in [0.1, 0.15) is 17.8 Å². The normalized spacial score (nSPS) is 24.3. The molecule has 102 valence electrons. The van der Waals surface area contributed by atoms with Crippen molar-refractivity contribution in [2.75, 3.05) is 0 Å². The minimum absolute atomic E-state index is 0. The van der Waals surface area contributed by atoms with Crippen molar-refractivity contribution >= 4 is 29.7 Å². The molecule has 1 aromatic rings. The van der Waals surface area contributed by atoms with Gasteiger partial charge in [-0.15, -0.1) is 11.8 Å². The van der Waals surface area contributed by atoms with Gasteiger partial charge in [0.25, 0.3) is 5.91 Å². The molecule has 4 heterocycles. The number of aromatic nitrogens is 2. The van der Waals surface area contributed by atoms with Gasteiger partial charge >= 0.3 is 29.6 Å². The van der Waals surface area contributed by atoms with E-state index in [1.54, 1.807) is 6.08 Å². The van der Waals surface area contributed by atoms with Gasteiger partial charge in [0.15, 0.2) is 0 Å². The number of β-lactam (4-membered cyclic amide) rings is 1. The molecule has 0 radical (unpaired) electrons. The first-order valence-corrected chi connectivity index (χ1v) is 7.28. The van der Waals surface area contributed by atoms with E-state index >= 15 is 0 Å². The second-order valence-electron chi connectivity index (χ2n) is 4.94. The largest absolute Gasteiger partial charge is 1.00 e. The maximum Gasteiger partial charge on any atom is 1.00 e. The fourth-order valence-electron chi connectivity index (χ4n) is 2.77. The predicted molar refractivity (Wildman–Crippen MR) is 69.8 cm³/mol. The van der Waals surface area contributed by atoms with Crippen molar-refractivity contribution in [1.29, 1.82) is 0 Å². The summed E-state index contributed by atoms with van der Waals surface area (Å²) in [6, 6.07) is 1.99. The number of carboxylic acids is 1. The molecule has 1 aromatic heterocycles. The molecule has 0 aromatic carbocycles. The summed E-state index contributed by atoms with van der Waals surface area (Å²) < 4.78 is 1.96. The summed E-state index contributed by atoms with van der Waals surface area (Å²) in [6.45, 7) is 0.924. The van der Waals surface area contributed by atoms with Gasteiger partial charge in [-0.1, -0.05) is 0 Å². The standard InChI is InChI=1S/C13H11N3O3S.Na/c17-11-9(12-16(11)10(6-20-12)13(18)19)5-7-4-8-2-1-3-15(8)14-7;/h4-6,12H,1-3H2,(H,18,19);/q;+1/p-1/b9-5+;. The number of aliphatic carboxylic acids is 1. The zero-order chi connectivity index (χ0) is 13.9. The molecule has 3 aliphatic rings. The van der Waals surface area contributed by atoms with Gasteiger partial charge in [0.05, 0.1) is 22.9 Å². The Balaban J connectivity index is 0.00000132. The topological polar surface area (TPSA) is 78.3 Å². The molecule has 1 amide bonds. The Hall–Kier alpha value is -1.02. The zero-order valence-corrected chi connectivity index (χ0v) is 14.2. The maximum atomic E-state index is 12.0. The van der Waals surface area contributed by atoms with E-state index in [-0.39, 0.29) is 46.5 Å². The monoisotopic (exact) mass is 311 g/mol. The Bertz CT molecular complexity index is 688. The van der Waals surface area contributed by atoms with Crippen LogP contribution >= 0.6 is 11.8 Å². The van der Waals surface area contributed by atoms with E-state index in [9.17, 15) is 14.7 Å². The van der Waals surface area contributed by atoms with Crippen LogP contribution in [0, 0.1) is 0 Å². The molecule has 0 aliphatic carbocycles. The molecule has 1 atom stereocenters. The Morgan fingerprint density at radius 3 is 3.05 bits per heavy atom. The number of amides is 1. The first kappa shape index (κ1) is 14.9. The molecule has 0 bridgehead atoms. The Morgan fingerprint density at radius 1 is 1.52 bits per heavy atom. The smallest absolute Gasteiger partial charge is 0.543 e. The third-order valence-electron chi connectivity index (χ3n) is 3.73. The van der Waals surface area contributed by atoms with Crippen molar-refractivity contribution < 1.29 is 44.3 Å². The second kappa shape index (κ2) is 5.31. The van der Waals surface area contributed by atoms with Gasteiger partial charge in [-0.25, -0.2) is 0 Å². The van der Waals surface area contributed by atoms with E-state index in [2.05, 4.69) is 5.10 Å². The third kappa shape index (κ3) is 2.19. The Morgan fingerprint density at radius 2 is 2.33 bits per heavy atom. The van der Waals surface area contributed by atoms with Crippen molar-refractivity contribution in [3.05, 3.63) is 34.1 Å². The van der Waals surface area contributed by atoms with Crippen molar-refractivity contribution in [1.82, 2.24) is 14.7 Å². The number of carbonyl (C=O) groups is 2. The average molecular weight is 311 g/mol. The summed E-state index contributed by atoms with van der Waals surface area (Å²) in [5, 5.41) is 16.5. The minimum Gasteiger partial charge on any atom is -0.543 e. The number of hydrogen-bond donors (Lipinski definition) is 0. The number of aryl methyl sites for hydroxylation is 2. The summed E-state index contributed by atoms with van der Waals surface area (Å²) in [6.07, 6.45) is 3.89. The van der Waals surface area contributed by atoms with E-state index in [1.165, 1.54) is 27.8 Å². The summed E-state index contributed by atoms with van der Waals surface area (Å²) >= 11 is 1.31. The number of fused-ring (bicyclic) bond motifs is 2. The molecule has 1 fully saturated rings. The molecule has 0 N–H and O–H groups in total. The summed E-state index contributed by atoms with van der Waals surface area (Å²) in [4.78, 5) is 24.1. The van der Waals surface area contributed by atoms with Crippen LogP contribution in [0.3, 0.4) is 0 Å². The molecule has 1 unspecified atom stereocenters. The first-order chi connectivity index (χ1) is 9.65. The van der Waals surface area contributed by atoms with Gasteiger partial charge < -0.3 is 9.90 Å². The number of carboxylic acid groups (broad SMARTS) is 1. The van der Waals surface area contributed by atoms with Crippen LogP contribution in [-0.4, -0.2) is 31.9 Å². The van der Waals surface area contributed by atoms with E-state index in [1.807, 2.05) is 10.7 Å². The fraction of sp³-hybridized carbons (Fsp3) is 0.308. The number of thioether (sulfide) groups is 1. The molecule has 0 spiro atoms. The zero-order valence-electron chi connectivity index (χ0n) is 11.4. The predicted octanol–water partition coefficient (Wildman–Crippen LogP) is -3.28. The Labute approximate surface area is 147 Å². The van der Waals surface area contributed by atoms with Crippen LogP contribution in [0.15, 0.2) is 22.7 Å². The molecular weight excluding hydrogens is 301 g/mol. The van der Waals surface area contributed by atoms with E-state index in [0.29, 0.717) is 5.57 Å². The molecule has 21 heavy (non-hydrogen) atoms. The molecule has 6 nitrogen and oxygen atoms in total. The number of carbonyl (C=O) groups excluding carboxylic acids is 2. The van der Waals surface area contributed by atoms with Crippen LogP contribution in [0.5, 0.6) is 0 Å². The Kier molecular flexibility index (Phi) is 3.77. The van der Waals surface area contributed by atoms with Crippen LogP contribution in [0.2, 0.25) is 0 Å². The fourth-order valence-corrected chi connectivity index (χ4v) is 3.89. The van der Waals surface area contributed by atoms with Crippen molar-refractivity contribution in [2.45, 2.75) is 24.8 Å². The van der Waals surface area contributed by atoms with Crippen LogP contribution in [-0.2, 0) is 22.6 Å². The van der Waals surface area contributed by atoms with E-state index in [0.717, 1.165) is 25.1 Å². The average Bonchev–Trinajstić information content (AvgIpc) is 3.07. The van der Waals surface area contributed by atoms with Crippen molar-refractivity contribution in [2.24, 2.45) is 0 Å². The number of rotatable bonds is 2. The first-order valence-electron chi connectivity index (χ1n) is 6.34. The van der Waals surface area contributed by atoms with Crippen LogP contribution < -0.4 is 34.7 Å². The molecule has 3 aliphatic heterocycles. The molecule has 8 heteroatoms. The SMILES string of the molecule is O=C([O-])C1=CSC2/C(=C/c3cc4n(n3)CCC4)C(=O)N12.[Na+]. The van der Waals surface area contributed by atoms with Crippen molar-refractivity contribution in [3.63, 3.8) is 0 Å². The van der Waals surface area contributed by atoms with Gasteiger partial charge in [-0.3, -0.25) is 14.4 Å². The third-order valence-corrected chi connectivity index (χ3v) is 4.81. The number of hydrogen-bond acceptors (Lipinski definition) is 5. The molecule has 1 saturated heterocycles. The summed E-state index contributed by atoms with van der Waals surface area (Å²) in [7, 11) is 0. The molecular formula is C13H10N3NaO3S. The second-order valence-corrected chi connectivity index (χ2v) is 5.90. The van der Waals surface area contributed by atoms with Crippen molar-refractivity contribution in [3.8, 4) is 0 Å². The quantitative estimate of drug-likeness (QED) is 0.325. The van der Waals surface area contributed by atoms with Gasteiger partial charge in [-0.2, -0.15) is 5.10 Å². The summed E-state index contributed by atoms with van der Waals surface area (Å²) in [5.41, 5.74) is 2.51. The molecule has 4 rings (SSSR count).